The van der Waals surface area contributed by atoms with Gasteiger partial charge in [0.25, 0.3) is 0 Å². The molecule has 0 saturated carbocycles. The number of carbonyl (C=O) groups is 1. The van der Waals surface area contributed by atoms with Crippen molar-refractivity contribution in [3.63, 3.8) is 0 Å². The van der Waals surface area contributed by atoms with Gasteiger partial charge >= 0.3 is 0 Å². The molecule has 0 aromatic heterocycles. The second kappa shape index (κ2) is 7.21. The number of hydrogen-bond donors (Lipinski definition) is 1. The number of hydrogen-bond acceptors (Lipinski definition) is 1. The summed E-state index contributed by atoms with van der Waals surface area (Å²) in [5, 5.41) is 0. The van der Waals surface area contributed by atoms with Gasteiger partial charge in [0.15, 0.2) is 0 Å². The summed E-state index contributed by atoms with van der Waals surface area (Å²) >= 11 is 0. The van der Waals surface area contributed by atoms with Gasteiger partial charge in [-0.2, -0.15) is 0 Å². The fourth-order valence-electron chi connectivity index (χ4n) is 0. The van der Waals surface area contributed by atoms with Gasteiger partial charge in [0.05, 0.1) is 0 Å². The third-order valence-electron chi connectivity index (χ3n) is 0.421. The van der Waals surface area contributed by atoms with Gasteiger partial charge in [0, 0.05) is 5.57 Å². The van der Waals surface area contributed by atoms with Crippen LogP contribution in [-0.4, -0.2) is 5.91 Å². The van der Waals surface area contributed by atoms with Gasteiger partial charge in [-0.25, -0.2) is 0 Å². The maximum atomic E-state index is 9.82. The fourth-order valence-corrected chi connectivity index (χ4v) is 0. The number of nitrogens with two attached hydrogens (primary N) is 1. The Balaban J connectivity index is 0. The lowest BCUT2D eigenvalue weighted by molar-refractivity contribution is -0.114. The van der Waals surface area contributed by atoms with Crippen LogP contribution in [0.4, 0.5) is 0 Å². The van der Waals surface area contributed by atoms with Crippen LogP contribution in [0.15, 0.2) is 12.2 Å². The van der Waals surface area contributed by atoms with Crippen LogP contribution in [0.5, 0.6) is 0 Å². The summed E-state index contributed by atoms with van der Waals surface area (Å²) in [6.45, 7) is 9.10. The quantitative estimate of drug-likeness (QED) is 0.535. The first-order valence-electron chi connectivity index (χ1n) is 3.01. The first kappa shape index (κ1) is 11.1. The molecule has 2 N–H and O–H groups in total. The Hall–Kier alpha value is -0.790. The average Bonchev–Trinajstić information content (AvgIpc) is 1.68. The third kappa shape index (κ3) is 19.0. The van der Waals surface area contributed by atoms with Crippen molar-refractivity contribution < 1.29 is 4.79 Å². The molecule has 0 saturated heterocycles. The normalized spacial score (nSPS) is 7.00. The Bertz CT molecular complexity index is 85.1. The Kier molecular flexibility index (Phi) is 8.87. The fraction of sp³-hybridized carbons (Fsp3) is 0.571. The molecule has 0 aliphatic carbocycles. The number of rotatable bonds is 1. The van der Waals surface area contributed by atoms with Crippen molar-refractivity contribution in [2.75, 3.05) is 0 Å². The topological polar surface area (TPSA) is 43.1 Å². The van der Waals surface area contributed by atoms with Gasteiger partial charge < -0.3 is 5.73 Å². The van der Waals surface area contributed by atoms with Crippen LogP contribution in [0.2, 0.25) is 0 Å². The summed E-state index contributed by atoms with van der Waals surface area (Å²) in [6.07, 6.45) is 1.25. The zero-order chi connectivity index (χ0) is 7.86. The summed E-state index contributed by atoms with van der Waals surface area (Å²) in [6, 6.07) is 0. The lowest BCUT2D eigenvalue weighted by Crippen LogP contribution is -2.10. The maximum absolute atomic E-state index is 9.82. The van der Waals surface area contributed by atoms with Crippen molar-refractivity contribution in [1.29, 1.82) is 0 Å². The van der Waals surface area contributed by atoms with E-state index < -0.39 is 5.91 Å². The SMILES string of the molecule is C=C(C)C(N)=O.CCC. The zero-order valence-electron chi connectivity index (χ0n) is 6.40. The van der Waals surface area contributed by atoms with E-state index in [9.17, 15) is 4.79 Å². The molecule has 2 heteroatoms. The van der Waals surface area contributed by atoms with E-state index in [1.165, 1.54) is 6.42 Å². The Morgan fingerprint density at radius 3 is 1.67 bits per heavy atom. The molecule has 0 aromatic rings. The van der Waals surface area contributed by atoms with Crippen LogP contribution in [0.25, 0.3) is 0 Å². The minimum Gasteiger partial charge on any atom is -0.366 e. The Morgan fingerprint density at radius 1 is 1.56 bits per heavy atom. The molecular formula is C7H15NO. The highest BCUT2D eigenvalue weighted by atomic mass is 16.1. The van der Waals surface area contributed by atoms with Crippen LogP contribution in [0.3, 0.4) is 0 Å². The molecule has 0 radical (unpaired) electrons. The van der Waals surface area contributed by atoms with E-state index in [0.29, 0.717) is 5.57 Å². The van der Waals surface area contributed by atoms with E-state index >= 15 is 0 Å². The lowest BCUT2D eigenvalue weighted by atomic mass is 10.3. The van der Waals surface area contributed by atoms with E-state index in [4.69, 9.17) is 5.73 Å². The van der Waals surface area contributed by atoms with Crippen LogP contribution in [-0.2, 0) is 4.79 Å². The molecule has 0 unspecified atom stereocenters. The molecule has 0 heterocycles. The zero-order valence-corrected chi connectivity index (χ0v) is 6.40. The third-order valence-corrected chi connectivity index (χ3v) is 0.421. The molecule has 2 nitrogen and oxygen atoms in total. The van der Waals surface area contributed by atoms with Crippen LogP contribution >= 0.6 is 0 Å². The smallest absolute Gasteiger partial charge is 0.243 e. The standard InChI is InChI=1S/C4H7NO.C3H8/c1-3(2)4(5)6;1-3-2/h1H2,2H3,(H2,5,6);3H2,1-2H3. The largest absolute Gasteiger partial charge is 0.366 e. The molecule has 0 atom stereocenters. The minimum absolute atomic E-state index is 0.398. The van der Waals surface area contributed by atoms with Crippen molar-refractivity contribution in [3.05, 3.63) is 12.2 Å². The lowest BCUT2D eigenvalue weighted by Gasteiger charge is -1.81. The Labute approximate surface area is 56.7 Å². The maximum Gasteiger partial charge on any atom is 0.243 e. The summed E-state index contributed by atoms with van der Waals surface area (Å²) in [7, 11) is 0. The van der Waals surface area contributed by atoms with Crippen molar-refractivity contribution in [2.45, 2.75) is 27.2 Å². The minimum atomic E-state index is -0.435. The van der Waals surface area contributed by atoms with Gasteiger partial charge in [0.2, 0.25) is 5.91 Å². The van der Waals surface area contributed by atoms with E-state index in [0.717, 1.165) is 0 Å². The van der Waals surface area contributed by atoms with Crippen LogP contribution in [0, 0.1) is 0 Å². The average molecular weight is 129 g/mol. The molecular weight excluding hydrogens is 114 g/mol. The summed E-state index contributed by atoms with van der Waals surface area (Å²) in [5.41, 5.74) is 5.09. The van der Waals surface area contributed by atoms with Gasteiger partial charge in [-0.3, -0.25) is 4.79 Å². The van der Waals surface area contributed by atoms with E-state index in [1.54, 1.807) is 6.92 Å². The van der Waals surface area contributed by atoms with E-state index in [2.05, 4.69) is 20.4 Å². The van der Waals surface area contributed by atoms with Gasteiger partial charge in [0.1, 0.15) is 0 Å². The highest BCUT2D eigenvalue weighted by Crippen LogP contribution is 1.78. The summed E-state index contributed by atoms with van der Waals surface area (Å²) < 4.78 is 0. The number of carbonyl (C=O) groups excluding carboxylic acids is 1. The molecule has 0 aliphatic rings. The summed E-state index contributed by atoms with van der Waals surface area (Å²) in [4.78, 5) is 9.82. The first-order chi connectivity index (χ1) is 4.06. The number of primary amides is 1. The second-order valence-electron chi connectivity index (χ2n) is 1.85. The van der Waals surface area contributed by atoms with Crippen molar-refractivity contribution >= 4 is 5.91 Å². The van der Waals surface area contributed by atoms with Crippen molar-refractivity contribution in [2.24, 2.45) is 5.73 Å². The monoisotopic (exact) mass is 129 g/mol. The van der Waals surface area contributed by atoms with E-state index in [-0.39, 0.29) is 0 Å². The molecule has 0 bridgehead atoms. The van der Waals surface area contributed by atoms with Crippen molar-refractivity contribution in [1.82, 2.24) is 0 Å². The molecule has 0 aliphatic heterocycles. The van der Waals surface area contributed by atoms with Gasteiger partial charge in [-0.15, -0.1) is 0 Å². The molecule has 0 rings (SSSR count). The van der Waals surface area contributed by atoms with Gasteiger partial charge in [-0.05, 0) is 6.92 Å². The second-order valence-corrected chi connectivity index (χ2v) is 1.85. The summed E-state index contributed by atoms with van der Waals surface area (Å²) in [5.74, 6) is -0.435. The van der Waals surface area contributed by atoms with Crippen molar-refractivity contribution in [3.8, 4) is 0 Å². The predicted octanol–water partition coefficient (Wildman–Crippen LogP) is 1.46. The first-order valence-corrected chi connectivity index (χ1v) is 3.01. The predicted molar refractivity (Wildman–Crippen MR) is 40.0 cm³/mol. The van der Waals surface area contributed by atoms with E-state index in [1.807, 2.05) is 0 Å². The van der Waals surface area contributed by atoms with Gasteiger partial charge in [-0.1, -0.05) is 26.8 Å². The molecule has 9 heavy (non-hydrogen) atoms. The molecule has 0 aromatic carbocycles. The molecule has 1 amide bonds. The van der Waals surface area contributed by atoms with Crippen LogP contribution in [0.1, 0.15) is 27.2 Å². The molecule has 0 spiro atoms. The molecule has 0 fully saturated rings. The number of amides is 1. The highest BCUT2D eigenvalue weighted by Gasteiger charge is 1.86. The van der Waals surface area contributed by atoms with Crippen LogP contribution < -0.4 is 5.73 Å². The highest BCUT2D eigenvalue weighted by molar-refractivity contribution is 5.90. The Morgan fingerprint density at radius 2 is 1.67 bits per heavy atom. The molecule has 54 valence electrons.